The summed E-state index contributed by atoms with van der Waals surface area (Å²) in [7, 11) is 0. The maximum absolute atomic E-state index is 12.7. The molecule has 3 heteroatoms. The van der Waals surface area contributed by atoms with Crippen LogP contribution in [0.5, 0.6) is 0 Å². The fourth-order valence-corrected chi connectivity index (χ4v) is 2.26. The van der Waals surface area contributed by atoms with E-state index in [0.29, 0.717) is 11.1 Å². The first-order chi connectivity index (χ1) is 10.5. The highest BCUT2D eigenvalue weighted by molar-refractivity contribution is 6.31. The zero-order valence-corrected chi connectivity index (χ0v) is 13.3. The van der Waals surface area contributed by atoms with E-state index >= 15 is 0 Å². The Balaban J connectivity index is 2.40. The fraction of sp³-hybridized carbons (Fsp3) is 0.211. The first-order valence-corrected chi connectivity index (χ1v) is 7.20. The first-order valence-electron chi connectivity index (χ1n) is 7.20. The average Bonchev–Trinajstić information content (AvgIpc) is 2.51. The van der Waals surface area contributed by atoms with Crippen molar-refractivity contribution in [1.82, 2.24) is 4.98 Å². The molecule has 1 aromatic carbocycles. The number of Topliss-reactive ketones (excluding diaryl/α,β-unsaturated/α-hetero) is 2. The summed E-state index contributed by atoms with van der Waals surface area (Å²) in [5.41, 5.74) is 3.85. The number of ketones is 2. The van der Waals surface area contributed by atoms with Crippen molar-refractivity contribution in [1.29, 1.82) is 0 Å². The smallest absolute Gasteiger partial charge is 0.198 e. The van der Waals surface area contributed by atoms with E-state index < -0.39 is 0 Å². The van der Waals surface area contributed by atoms with E-state index in [2.05, 4.69) is 4.98 Å². The van der Waals surface area contributed by atoms with Crippen LogP contribution < -0.4 is 0 Å². The zero-order chi connectivity index (χ0) is 16.3. The maximum Gasteiger partial charge on any atom is 0.198 e. The summed E-state index contributed by atoms with van der Waals surface area (Å²) in [6, 6.07) is 9.06. The van der Waals surface area contributed by atoms with Crippen molar-refractivity contribution in [3.8, 4) is 0 Å². The molecule has 0 unspecified atom stereocenters. The lowest BCUT2D eigenvalue weighted by Gasteiger charge is -2.09. The third-order valence-corrected chi connectivity index (χ3v) is 3.77. The Bertz CT molecular complexity index is 773. The predicted octanol–water partition coefficient (Wildman–Crippen LogP) is 4.02. The summed E-state index contributed by atoms with van der Waals surface area (Å²) in [6.07, 6.45) is 3.10. The van der Waals surface area contributed by atoms with E-state index in [9.17, 15) is 9.59 Å². The number of carbonyl (C=O) groups excluding carboxylic acids is 2. The third-order valence-electron chi connectivity index (χ3n) is 3.77. The number of carbonyl (C=O) groups is 2. The highest BCUT2D eigenvalue weighted by atomic mass is 16.1. The second kappa shape index (κ2) is 6.48. The molecule has 2 rings (SSSR count). The molecule has 0 radical (unpaired) electrons. The Morgan fingerprint density at radius 3 is 2.27 bits per heavy atom. The molecule has 1 aromatic heterocycles. The number of allylic oxidation sites excluding steroid dienone is 2. The van der Waals surface area contributed by atoms with Gasteiger partial charge in [0.25, 0.3) is 0 Å². The van der Waals surface area contributed by atoms with Crippen LogP contribution in [-0.4, -0.2) is 16.6 Å². The van der Waals surface area contributed by atoms with Crippen LogP contribution in [0.1, 0.15) is 44.5 Å². The molecule has 0 bridgehead atoms. The molecule has 0 N–H and O–H groups in total. The minimum absolute atomic E-state index is 0.180. The molecule has 1 heterocycles. The molecule has 2 aromatic rings. The van der Waals surface area contributed by atoms with E-state index in [1.807, 2.05) is 32.9 Å². The number of pyridine rings is 1. The van der Waals surface area contributed by atoms with E-state index in [-0.39, 0.29) is 17.1 Å². The summed E-state index contributed by atoms with van der Waals surface area (Å²) < 4.78 is 0. The molecular formula is C19H19NO2. The summed E-state index contributed by atoms with van der Waals surface area (Å²) in [4.78, 5) is 29.5. The lowest BCUT2D eigenvalue weighted by atomic mass is 9.93. The average molecular weight is 293 g/mol. The van der Waals surface area contributed by atoms with Gasteiger partial charge in [0.2, 0.25) is 0 Å². The SMILES string of the molecule is C/C=C(/C(=O)c1cnc(C)c(C)c1)C(=O)c1ccccc1C. The van der Waals surface area contributed by atoms with Crippen LogP contribution in [0.3, 0.4) is 0 Å². The molecule has 0 atom stereocenters. The molecule has 0 spiro atoms. The molecule has 3 nitrogen and oxygen atoms in total. The molecule has 112 valence electrons. The van der Waals surface area contributed by atoms with Gasteiger partial charge in [-0.1, -0.05) is 30.3 Å². The maximum atomic E-state index is 12.7. The number of benzene rings is 1. The van der Waals surface area contributed by atoms with Crippen LogP contribution in [0.2, 0.25) is 0 Å². The third kappa shape index (κ3) is 3.03. The van der Waals surface area contributed by atoms with Gasteiger partial charge in [-0.3, -0.25) is 14.6 Å². The fourth-order valence-electron chi connectivity index (χ4n) is 2.26. The van der Waals surface area contributed by atoms with Gasteiger partial charge in [0.1, 0.15) is 0 Å². The molecule has 0 fully saturated rings. The number of nitrogens with zero attached hydrogens (tertiary/aromatic N) is 1. The lowest BCUT2D eigenvalue weighted by Crippen LogP contribution is -2.15. The van der Waals surface area contributed by atoms with Crippen molar-refractivity contribution >= 4 is 11.6 Å². The Labute approximate surface area is 130 Å². The molecule has 0 aliphatic heterocycles. The van der Waals surface area contributed by atoms with Crippen LogP contribution in [0, 0.1) is 20.8 Å². The molecule has 0 saturated heterocycles. The van der Waals surface area contributed by atoms with E-state index in [1.165, 1.54) is 6.20 Å². The summed E-state index contributed by atoms with van der Waals surface area (Å²) in [6.45, 7) is 7.36. The number of aryl methyl sites for hydroxylation is 3. The number of aromatic nitrogens is 1. The van der Waals surface area contributed by atoms with Gasteiger partial charge in [0.15, 0.2) is 11.6 Å². The van der Waals surface area contributed by atoms with E-state index in [1.54, 1.807) is 31.2 Å². The Morgan fingerprint density at radius 1 is 1.00 bits per heavy atom. The van der Waals surface area contributed by atoms with Crippen molar-refractivity contribution in [2.24, 2.45) is 0 Å². The number of hydrogen-bond acceptors (Lipinski definition) is 3. The van der Waals surface area contributed by atoms with Crippen molar-refractivity contribution in [2.45, 2.75) is 27.7 Å². The van der Waals surface area contributed by atoms with Crippen LogP contribution in [-0.2, 0) is 0 Å². The Morgan fingerprint density at radius 2 is 1.68 bits per heavy atom. The van der Waals surface area contributed by atoms with Gasteiger partial charge in [-0.2, -0.15) is 0 Å². The molecule has 0 aliphatic carbocycles. The zero-order valence-electron chi connectivity index (χ0n) is 13.3. The van der Waals surface area contributed by atoms with Crippen molar-refractivity contribution in [3.05, 3.63) is 76.1 Å². The first kappa shape index (κ1) is 15.8. The van der Waals surface area contributed by atoms with Gasteiger partial charge in [-0.15, -0.1) is 0 Å². The van der Waals surface area contributed by atoms with Crippen molar-refractivity contribution in [2.75, 3.05) is 0 Å². The molecular weight excluding hydrogens is 274 g/mol. The second-order valence-corrected chi connectivity index (χ2v) is 5.30. The number of hydrogen-bond donors (Lipinski definition) is 0. The molecule has 0 saturated carbocycles. The van der Waals surface area contributed by atoms with Crippen molar-refractivity contribution < 1.29 is 9.59 Å². The van der Waals surface area contributed by atoms with Crippen LogP contribution in [0.4, 0.5) is 0 Å². The Kier molecular flexibility index (Phi) is 4.66. The highest BCUT2D eigenvalue weighted by Gasteiger charge is 2.22. The summed E-state index contributed by atoms with van der Waals surface area (Å²) in [5, 5.41) is 0. The van der Waals surface area contributed by atoms with Gasteiger partial charge in [-0.05, 0) is 44.9 Å². The summed E-state index contributed by atoms with van der Waals surface area (Å²) in [5.74, 6) is -0.532. The van der Waals surface area contributed by atoms with E-state index in [4.69, 9.17) is 0 Å². The quantitative estimate of drug-likeness (QED) is 0.370. The largest absolute Gasteiger partial charge is 0.288 e. The topological polar surface area (TPSA) is 47.0 Å². The molecule has 0 amide bonds. The van der Waals surface area contributed by atoms with Crippen LogP contribution in [0.25, 0.3) is 0 Å². The Hall–Kier alpha value is -2.55. The minimum Gasteiger partial charge on any atom is -0.288 e. The van der Waals surface area contributed by atoms with Gasteiger partial charge < -0.3 is 0 Å². The summed E-state index contributed by atoms with van der Waals surface area (Å²) >= 11 is 0. The standard InChI is InChI=1S/C19H19NO2/c1-5-16(19(22)17-9-7-6-8-12(17)2)18(21)15-10-13(3)14(4)20-11-15/h5-11H,1-4H3/b16-5-. The lowest BCUT2D eigenvalue weighted by molar-refractivity contribution is 0.0962. The van der Waals surface area contributed by atoms with Crippen LogP contribution in [0.15, 0.2) is 48.2 Å². The predicted molar refractivity (Wildman–Crippen MR) is 87.3 cm³/mol. The van der Waals surface area contributed by atoms with Gasteiger partial charge in [0, 0.05) is 23.0 Å². The van der Waals surface area contributed by atoms with Gasteiger partial charge >= 0.3 is 0 Å². The van der Waals surface area contributed by atoms with Gasteiger partial charge in [-0.25, -0.2) is 0 Å². The monoisotopic (exact) mass is 293 g/mol. The highest BCUT2D eigenvalue weighted by Crippen LogP contribution is 2.18. The minimum atomic E-state index is -0.286. The molecule has 0 aliphatic rings. The van der Waals surface area contributed by atoms with E-state index in [0.717, 1.165) is 16.8 Å². The van der Waals surface area contributed by atoms with Crippen molar-refractivity contribution in [3.63, 3.8) is 0 Å². The normalized spacial score (nSPS) is 11.4. The van der Waals surface area contributed by atoms with Gasteiger partial charge in [0.05, 0.1) is 5.57 Å². The second-order valence-electron chi connectivity index (χ2n) is 5.30. The van der Waals surface area contributed by atoms with Crippen LogP contribution >= 0.6 is 0 Å². The molecule has 22 heavy (non-hydrogen) atoms. The number of rotatable bonds is 4.